The van der Waals surface area contributed by atoms with Gasteiger partial charge in [0.05, 0.1) is 11.1 Å². The van der Waals surface area contributed by atoms with Crippen molar-refractivity contribution in [1.29, 1.82) is 0 Å². The van der Waals surface area contributed by atoms with Gasteiger partial charge in [-0.15, -0.1) is 23.7 Å². The first-order valence-corrected chi connectivity index (χ1v) is 10.2. The maximum atomic E-state index is 12.3. The van der Waals surface area contributed by atoms with Crippen LogP contribution in [0.2, 0.25) is 0 Å². The maximum Gasteiger partial charge on any atom is 0.259 e. The molecule has 0 fully saturated rings. The van der Waals surface area contributed by atoms with Gasteiger partial charge in [0.25, 0.3) is 5.56 Å². The van der Waals surface area contributed by atoms with Crippen molar-refractivity contribution in [2.45, 2.75) is 44.4 Å². The highest BCUT2D eigenvalue weighted by Gasteiger charge is 2.21. The Kier molecular flexibility index (Phi) is 7.30. The van der Waals surface area contributed by atoms with E-state index < -0.39 is 0 Å². The third-order valence-electron chi connectivity index (χ3n) is 4.10. The molecule has 0 saturated heterocycles. The van der Waals surface area contributed by atoms with E-state index in [9.17, 15) is 9.59 Å². The van der Waals surface area contributed by atoms with Gasteiger partial charge in [-0.25, -0.2) is 4.98 Å². The summed E-state index contributed by atoms with van der Waals surface area (Å²) in [5, 5.41) is 3.62. The number of amides is 1. The Morgan fingerprint density at radius 1 is 1.48 bits per heavy atom. The standard InChI is InChI=1S/C16H22N4O2S2.ClH/c1-9(7-17)18-13(21)5-6-23-8-12-19-15(22)14-10-3-2-4-11(10)24-16(14)20-12;/h9H,2-8,17H2,1H3,(H,18,21)(H,19,20,22);1H/t9-;/m0./s1. The molecule has 25 heavy (non-hydrogen) atoms. The van der Waals surface area contributed by atoms with Crippen LogP contribution in [0, 0.1) is 0 Å². The highest BCUT2D eigenvalue weighted by atomic mass is 35.5. The second kappa shape index (κ2) is 9.02. The molecule has 1 aliphatic carbocycles. The van der Waals surface area contributed by atoms with E-state index in [0.717, 1.165) is 29.5 Å². The number of H-pyrrole nitrogens is 1. The molecule has 3 rings (SSSR count). The molecule has 0 saturated carbocycles. The van der Waals surface area contributed by atoms with Gasteiger partial charge in [0, 0.05) is 29.6 Å². The summed E-state index contributed by atoms with van der Waals surface area (Å²) in [5.74, 6) is 1.99. The van der Waals surface area contributed by atoms with Crippen molar-refractivity contribution in [3.63, 3.8) is 0 Å². The van der Waals surface area contributed by atoms with Gasteiger partial charge in [0.15, 0.2) is 0 Å². The van der Waals surface area contributed by atoms with Crippen LogP contribution in [0.15, 0.2) is 4.79 Å². The number of halogens is 1. The Hall–Kier alpha value is -1.09. The van der Waals surface area contributed by atoms with Crippen LogP contribution in [-0.4, -0.2) is 34.2 Å². The van der Waals surface area contributed by atoms with Gasteiger partial charge in [-0.1, -0.05) is 0 Å². The molecule has 0 aromatic carbocycles. The zero-order valence-electron chi connectivity index (χ0n) is 14.1. The highest BCUT2D eigenvalue weighted by Crippen LogP contribution is 2.34. The minimum atomic E-state index is -0.0236. The first kappa shape index (κ1) is 20.2. The lowest BCUT2D eigenvalue weighted by Crippen LogP contribution is -2.37. The highest BCUT2D eigenvalue weighted by molar-refractivity contribution is 7.98. The molecular formula is C16H23ClN4O2S2. The Morgan fingerprint density at radius 3 is 3.04 bits per heavy atom. The van der Waals surface area contributed by atoms with Crippen molar-refractivity contribution in [2.75, 3.05) is 12.3 Å². The van der Waals surface area contributed by atoms with Crippen molar-refractivity contribution in [3.8, 4) is 0 Å². The molecule has 0 radical (unpaired) electrons. The topological polar surface area (TPSA) is 101 Å². The Labute approximate surface area is 160 Å². The number of thioether (sulfide) groups is 1. The number of carbonyl (C=O) groups is 1. The fourth-order valence-electron chi connectivity index (χ4n) is 2.85. The summed E-state index contributed by atoms with van der Waals surface area (Å²) in [4.78, 5) is 33.7. The Morgan fingerprint density at radius 2 is 2.28 bits per heavy atom. The molecule has 0 bridgehead atoms. The van der Waals surface area contributed by atoms with Crippen molar-refractivity contribution in [2.24, 2.45) is 5.73 Å². The van der Waals surface area contributed by atoms with E-state index in [-0.39, 0.29) is 29.9 Å². The van der Waals surface area contributed by atoms with E-state index in [1.165, 1.54) is 10.4 Å². The average Bonchev–Trinajstić information content (AvgIpc) is 3.11. The van der Waals surface area contributed by atoms with Crippen molar-refractivity contribution in [3.05, 3.63) is 26.6 Å². The second-order valence-corrected chi connectivity index (χ2v) is 8.25. The molecule has 0 spiro atoms. The smallest absolute Gasteiger partial charge is 0.259 e. The fraction of sp³-hybridized carbons (Fsp3) is 0.562. The number of nitrogens with one attached hydrogen (secondary N) is 2. The fourth-order valence-corrected chi connectivity index (χ4v) is 4.94. The van der Waals surface area contributed by atoms with Gasteiger partial charge in [0.1, 0.15) is 10.7 Å². The van der Waals surface area contributed by atoms with Crippen molar-refractivity contribution < 1.29 is 4.79 Å². The molecule has 138 valence electrons. The molecule has 0 unspecified atom stereocenters. The summed E-state index contributed by atoms with van der Waals surface area (Å²) in [7, 11) is 0. The van der Waals surface area contributed by atoms with Crippen LogP contribution < -0.4 is 16.6 Å². The van der Waals surface area contributed by atoms with Crippen LogP contribution in [0.1, 0.15) is 36.0 Å². The molecule has 1 atom stereocenters. The quantitative estimate of drug-likeness (QED) is 0.615. The number of thiophene rings is 1. The van der Waals surface area contributed by atoms with Crippen LogP contribution >= 0.6 is 35.5 Å². The number of aromatic amines is 1. The van der Waals surface area contributed by atoms with Crippen molar-refractivity contribution in [1.82, 2.24) is 15.3 Å². The van der Waals surface area contributed by atoms with E-state index >= 15 is 0 Å². The number of rotatable bonds is 7. The van der Waals surface area contributed by atoms with Gasteiger partial charge in [0.2, 0.25) is 5.91 Å². The molecule has 2 heterocycles. The normalized spacial score (nSPS) is 14.2. The zero-order valence-corrected chi connectivity index (χ0v) is 16.5. The summed E-state index contributed by atoms with van der Waals surface area (Å²) in [5.41, 5.74) is 6.66. The summed E-state index contributed by atoms with van der Waals surface area (Å²) in [6.45, 7) is 2.32. The average molecular weight is 403 g/mol. The lowest BCUT2D eigenvalue weighted by Gasteiger charge is -2.10. The van der Waals surface area contributed by atoms with Gasteiger partial charge in [-0.3, -0.25) is 9.59 Å². The third-order valence-corrected chi connectivity index (χ3v) is 6.25. The SMILES string of the molecule is C[C@@H](CN)NC(=O)CCSCc1nc2sc3c(c2c(=O)[nH]1)CCC3.Cl. The lowest BCUT2D eigenvalue weighted by atomic mass is 10.2. The first-order valence-electron chi connectivity index (χ1n) is 8.19. The number of hydrogen-bond acceptors (Lipinski definition) is 6. The van der Waals surface area contributed by atoms with E-state index in [1.807, 2.05) is 6.92 Å². The number of aryl methyl sites for hydroxylation is 2. The maximum absolute atomic E-state index is 12.3. The van der Waals surface area contributed by atoms with Crippen molar-refractivity contribution >= 4 is 51.6 Å². The molecule has 2 aromatic rings. The Balaban J connectivity index is 0.00000225. The lowest BCUT2D eigenvalue weighted by molar-refractivity contribution is -0.121. The van der Waals surface area contributed by atoms with Crippen LogP contribution in [0.3, 0.4) is 0 Å². The predicted octanol–water partition coefficient (Wildman–Crippen LogP) is 1.98. The Bertz CT molecular complexity index is 805. The number of aromatic nitrogens is 2. The number of hydrogen-bond donors (Lipinski definition) is 3. The van der Waals surface area contributed by atoms with E-state index in [2.05, 4.69) is 15.3 Å². The molecule has 0 aliphatic heterocycles. The number of nitrogens with two attached hydrogens (primary N) is 1. The minimum Gasteiger partial charge on any atom is -0.352 e. The van der Waals surface area contributed by atoms with Crippen LogP contribution in [-0.2, 0) is 23.4 Å². The third kappa shape index (κ3) is 4.75. The van der Waals surface area contributed by atoms with E-state index in [0.29, 0.717) is 30.3 Å². The molecule has 2 aromatic heterocycles. The predicted molar refractivity (Wildman–Crippen MR) is 107 cm³/mol. The molecule has 9 heteroatoms. The van der Waals surface area contributed by atoms with Gasteiger partial charge in [-0.05, 0) is 31.7 Å². The molecule has 1 aliphatic rings. The minimum absolute atomic E-state index is 0. The van der Waals surface area contributed by atoms with Crippen LogP contribution in [0.5, 0.6) is 0 Å². The van der Waals surface area contributed by atoms with Crippen LogP contribution in [0.25, 0.3) is 10.2 Å². The summed E-state index contributed by atoms with van der Waals surface area (Å²) in [6.07, 6.45) is 3.63. The van der Waals surface area contributed by atoms with E-state index in [4.69, 9.17) is 5.73 Å². The van der Waals surface area contributed by atoms with Gasteiger partial charge in [-0.2, -0.15) is 11.8 Å². The monoisotopic (exact) mass is 402 g/mol. The largest absolute Gasteiger partial charge is 0.352 e. The van der Waals surface area contributed by atoms with Gasteiger partial charge >= 0.3 is 0 Å². The second-order valence-electron chi connectivity index (χ2n) is 6.06. The first-order chi connectivity index (χ1) is 11.6. The number of nitrogens with zero attached hydrogens (tertiary/aromatic N) is 1. The number of carbonyl (C=O) groups excluding carboxylic acids is 1. The zero-order chi connectivity index (χ0) is 17.1. The van der Waals surface area contributed by atoms with Gasteiger partial charge < -0.3 is 16.0 Å². The molecule has 1 amide bonds. The summed E-state index contributed by atoms with van der Waals surface area (Å²) < 4.78 is 0. The number of fused-ring (bicyclic) bond motifs is 3. The molecule has 4 N–H and O–H groups in total. The van der Waals surface area contributed by atoms with Crippen LogP contribution in [0.4, 0.5) is 0 Å². The summed E-state index contributed by atoms with van der Waals surface area (Å²) >= 11 is 3.25. The summed E-state index contributed by atoms with van der Waals surface area (Å²) in [6, 6.07) is 0.00343. The molecule has 6 nitrogen and oxygen atoms in total. The molecular weight excluding hydrogens is 380 g/mol. The van der Waals surface area contributed by atoms with E-state index in [1.54, 1.807) is 23.1 Å².